The summed E-state index contributed by atoms with van der Waals surface area (Å²) < 4.78 is 0. The van der Waals surface area contributed by atoms with E-state index in [4.69, 9.17) is 10.2 Å². The van der Waals surface area contributed by atoms with Gasteiger partial charge in [0.15, 0.2) is 0 Å². The van der Waals surface area contributed by atoms with Crippen LogP contribution in [0.2, 0.25) is 0 Å². The van der Waals surface area contributed by atoms with Gasteiger partial charge in [-0.15, -0.1) is 0 Å². The predicted octanol–water partition coefficient (Wildman–Crippen LogP) is 0.326. The number of hydrogen-bond donors (Lipinski definition) is 2. The standard InChI is InChI=1S/C5H8O4.Sm/c6-4(7)2-1-3-5(8)9;/h1-3H2,(H,6,7)(H,8,9);. The zero-order valence-corrected chi connectivity index (χ0v) is 7.86. The topological polar surface area (TPSA) is 74.6 Å². The molecule has 0 aromatic rings. The van der Waals surface area contributed by atoms with Gasteiger partial charge in [-0.05, 0) is 6.42 Å². The van der Waals surface area contributed by atoms with Crippen LogP contribution < -0.4 is 0 Å². The number of carbonyl (C=O) groups is 2. The molecule has 58 valence electrons. The molecule has 0 amide bonds. The van der Waals surface area contributed by atoms with E-state index in [1.165, 1.54) is 0 Å². The molecule has 0 bridgehead atoms. The molecule has 0 atom stereocenters. The normalized spacial score (nSPS) is 8.00. The largest absolute Gasteiger partial charge is 0.481 e. The molecule has 5 heteroatoms. The number of carboxylic acid groups (broad SMARTS) is 2. The SMILES string of the molecule is O=C(O)CCCC(=O)O.[Sm]. The zero-order valence-electron chi connectivity index (χ0n) is 5.24. The van der Waals surface area contributed by atoms with Gasteiger partial charge >= 0.3 is 11.9 Å². The zero-order chi connectivity index (χ0) is 7.28. The van der Waals surface area contributed by atoms with Gasteiger partial charge in [-0.1, -0.05) is 0 Å². The van der Waals surface area contributed by atoms with Gasteiger partial charge in [0.1, 0.15) is 0 Å². The number of aliphatic carboxylic acids is 2. The van der Waals surface area contributed by atoms with Crippen LogP contribution in [0.4, 0.5) is 0 Å². The van der Waals surface area contributed by atoms with Gasteiger partial charge in [-0.25, -0.2) is 0 Å². The molecule has 4 nitrogen and oxygen atoms in total. The molecule has 2 N–H and O–H groups in total. The monoisotopic (exact) mass is 284 g/mol. The van der Waals surface area contributed by atoms with Gasteiger partial charge in [-0.2, -0.15) is 0 Å². The van der Waals surface area contributed by atoms with Crippen molar-refractivity contribution in [1.82, 2.24) is 0 Å². The molecule has 10 heavy (non-hydrogen) atoms. The van der Waals surface area contributed by atoms with Crippen LogP contribution in [0.1, 0.15) is 19.3 Å². The van der Waals surface area contributed by atoms with Gasteiger partial charge in [0, 0.05) is 53.2 Å². The van der Waals surface area contributed by atoms with Crippen LogP contribution in [-0.4, -0.2) is 22.2 Å². The summed E-state index contributed by atoms with van der Waals surface area (Å²) in [6.45, 7) is 0. The fourth-order valence-electron chi connectivity index (χ4n) is 0.391. The second-order valence-electron chi connectivity index (χ2n) is 1.64. The Morgan fingerprint density at radius 1 is 1.00 bits per heavy atom. The predicted molar refractivity (Wildman–Crippen MR) is 29.1 cm³/mol. The molecule has 0 aliphatic carbocycles. The van der Waals surface area contributed by atoms with Crippen LogP contribution in [0.15, 0.2) is 0 Å². The van der Waals surface area contributed by atoms with Gasteiger partial charge in [-0.3, -0.25) is 9.59 Å². The fraction of sp³-hybridized carbons (Fsp3) is 0.600. The van der Waals surface area contributed by atoms with E-state index in [0.29, 0.717) is 0 Å². The Morgan fingerprint density at radius 2 is 1.30 bits per heavy atom. The summed E-state index contributed by atoms with van der Waals surface area (Å²) in [6, 6.07) is 0. The number of rotatable bonds is 4. The molecule has 0 saturated carbocycles. The average Bonchev–Trinajstić information content (AvgIpc) is 1.63. The summed E-state index contributed by atoms with van der Waals surface area (Å²) in [5, 5.41) is 16.1. The molecule has 0 rings (SSSR count). The first kappa shape index (κ1) is 12.9. The summed E-state index contributed by atoms with van der Waals surface area (Å²) in [7, 11) is 0. The molecule has 0 fully saturated rings. The van der Waals surface area contributed by atoms with Crippen molar-refractivity contribution < 1.29 is 60.2 Å². The summed E-state index contributed by atoms with van der Waals surface area (Å²) in [4.78, 5) is 19.6. The average molecular weight is 282 g/mol. The van der Waals surface area contributed by atoms with Crippen molar-refractivity contribution in [2.24, 2.45) is 0 Å². The molecule has 0 aliphatic rings. The minimum atomic E-state index is -0.948. The van der Waals surface area contributed by atoms with Crippen molar-refractivity contribution >= 4 is 11.9 Å². The van der Waals surface area contributed by atoms with E-state index in [1.807, 2.05) is 0 Å². The van der Waals surface area contributed by atoms with E-state index in [0.717, 1.165) is 0 Å². The maximum Gasteiger partial charge on any atom is 0.303 e. The first-order valence-electron chi connectivity index (χ1n) is 2.56. The summed E-state index contributed by atoms with van der Waals surface area (Å²) >= 11 is 0. The number of hydrogen-bond acceptors (Lipinski definition) is 2. The Kier molecular flexibility index (Phi) is 9.54. The molecule has 0 radical (unpaired) electrons. The molecule has 0 aromatic carbocycles. The van der Waals surface area contributed by atoms with Gasteiger partial charge in [0.05, 0.1) is 0 Å². The van der Waals surface area contributed by atoms with Crippen molar-refractivity contribution in [3.05, 3.63) is 0 Å². The Balaban J connectivity index is 0. The van der Waals surface area contributed by atoms with Crippen LogP contribution >= 0.6 is 0 Å². The van der Waals surface area contributed by atoms with E-state index in [-0.39, 0.29) is 59.7 Å². The van der Waals surface area contributed by atoms with Crippen LogP contribution in [0, 0.1) is 40.4 Å². The molecule has 0 unspecified atom stereocenters. The maximum absolute atomic E-state index is 9.79. The summed E-state index contributed by atoms with van der Waals surface area (Å²) in [6.07, 6.45) is 0.0866. The van der Waals surface area contributed by atoms with Crippen molar-refractivity contribution in [3.63, 3.8) is 0 Å². The van der Waals surface area contributed by atoms with Crippen molar-refractivity contribution in [1.29, 1.82) is 0 Å². The molecule has 0 aromatic heterocycles. The van der Waals surface area contributed by atoms with Crippen LogP contribution in [-0.2, 0) is 9.59 Å². The molecule has 0 spiro atoms. The van der Waals surface area contributed by atoms with E-state index >= 15 is 0 Å². The van der Waals surface area contributed by atoms with Crippen LogP contribution in [0.5, 0.6) is 0 Å². The second-order valence-corrected chi connectivity index (χ2v) is 1.64. The van der Waals surface area contributed by atoms with E-state index in [9.17, 15) is 9.59 Å². The van der Waals surface area contributed by atoms with Crippen molar-refractivity contribution in [2.75, 3.05) is 0 Å². The Bertz CT molecular complexity index is 109. The fourth-order valence-corrected chi connectivity index (χ4v) is 0.391. The maximum atomic E-state index is 9.79. The minimum Gasteiger partial charge on any atom is -0.481 e. The third kappa shape index (κ3) is 11.1. The Labute approximate surface area is 90.7 Å². The molecular formula is C5H8O4Sm. The smallest absolute Gasteiger partial charge is 0.303 e. The second kappa shape index (κ2) is 7.39. The van der Waals surface area contributed by atoms with E-state index in [2.05, 4.69) is 0 Å². The van der Waals surface area contributed by atoms with E-state index in [1.54, 1.807) is 0 Å². The van der Waals surface area contributed by atoms with Crippen molar-refractivity contribution in [2.45, 2.75) is 19.3 Å². The van der Waals surface area contributed by atoms with Gasteiger partial charge < -0.3 is 10.2 Å². The quantitative estimate of drug-likeness (QED) is 0.779. The molecule has 0 saturated heterocycles. The van der Waals surface area contributed by atoms with Crippen molar-refractivity contribution in [3.8, 4) is 0 Å². The number of carboxylic acids is 2. The first-order valence-corrected chi connectivity index (χ1v) is 2.56. The third-order valence-corrected chi connectivity index (χ3v) is 0.781. The third-order valence-electron chi connectivity index (χ3n) is 0.781. The molecular weight excluding hydrogens is 274 g/mol. The minimum absolute atomic E-state index is 0. The van der Waals surface area contributed by atoms with Gasteiger partial charge in [0.25, 0.3) is 0 Å². The summed E-state index contributed by atoms with van der Waals surface area (Å²) in [5.41, 5.74) is 0. The Hall–Kier alpha value is 0.278. The first-order chi connectivity index (χ1) is 4.13. The summed E-state index contributed by atoms with van der Waals surface area (Å²) in [5.74, 6) is -1.90. The van der Waals surface area contributed by atoms with E-state index < -0.39 is 11.9 Å². The molecule has 0 aliphatic heterocycles. The molecule has 0 heterocycles. The van der Waals surface area contributed by atoms with Crippen LogP contribution in [0.3, 0.4) is 0 Å². The van der Waals surface area contributed by atoms with Gasteiger partial charge in [0.2, 0.25) is 0 Å². The Morgan fingerprint density at radius 3 is 1.50 bits per heavy atom. The van der Waals surface area contributed by atoms with Crippen LogP contribution in [0.25, 0.3) is 0 Å².